The lowest BCUT2D eigenvalue weighted by molar-refractivity contribution is 1.02. The van der Waals surface area contributed by atoms with E-state index in [9.17, 15) is 0 Å². The minimum absolute atomic E-state index is 0.0720. The maximum Gasteiger partial charge on any atom is 0.227 e. The summed E-state index contributed by atoms with van der Waals surface area (Å²) in [4.78, 5) is 11.9. The number of hydrogen-bond donors (Lipinski definition) is 0. The molecule has 0 atom stereocenters. The highest BCUT2D eigenvalue weighted by molar-refractivity contribution is 6.31. The molecule has 0 spiro atoms. The van der Waals surface area contributed by atoms with E-state index >= 15 is 0 Å². The third-order valence-corrected chi connectivity index (χ3v) is 2.62. The van der Waals surface area contributed by atoms with E-state index in [4.69, 9.17) is 23.2 Å². The Hall–Kier alpha value is -1.97. The fraction of sp³-hybridized carbons (Fsp3) is 0. The Morgan fingerprint density at radius 2 is 1.10 bits per heavy atom. The zero-order chi connectivity index (χ0) is 14.2. The minimum atomic E-state index is 0.0720. The summed E-state index contributed by atoms with van der Waals surface area (Å²) in [5.41, 5.74) is 0.787. The van der Waals surface area contributed by atoms with E-state index in [2.05, 4.69) is 15.0 Å². The molecule has 0 amide bonds. The molecule has 0 N–H and O–H groups in total. The molecule has 0 saturated heterocycles. The van der Waals surface area contributed by atoms with Gasteiger partial charge < -0.3 is 0 Å². The van der Waals surface area contributed by atoms with Crippen LogP contribution >= 0.6 is 23.2 Å². The number of halogens is 2. The Labute approximate surface area is 127 Å². The standard InChI is InChI=1S/C15H11Cl2N3/c16-14-18-13(19-15(17)20-14)12-10-8-6-4-2-1-3-5-7-9-11-12/h1-11H/b2-1-,3-1?,4-2?,5-3-,6-4-,7-5?,8-6?,9-7-,10-8-,11-9?,12-10?,12-11+. The average molecular weight is 304 g/mol. The van der Waals surface area contributed by atoms with Gasteiger partial charge >= 0.3 is 0 Å². The molecule has 0 saturated carbocycles. The highest BCUT2D eigenvalue weighted by atomic mass is 35.5. The van der Waals surface area contributed by atoms with E-state index in [1.54, 1.807) is 0 Å². The van der Waals surface area contributed by atoms with E-state index in [0.717, 1.165) is 5.57 Å². The second-order valence-corrected chi connectivity index (χ2v) is 4.39. The van der Waals surface area contributed by atoms with Crippen molar-refractivity contribution < 1.29 is 0 Å². The van der Waals surface area contributed by atoms with Crippen LogP contribution in [0, 0.1) is 0 Å². The van der Waals surface area contributed by atoms with Gasteiger partial charge in [0.1, 0.15) is 0 Å². The summed E-state index contributed by atoms with van der Waals surface area (Å²) in [5.74, 6) is 0.431. The van der Waals surface area contributed by atoms with Gasteiger partial charge in [0.2, 0.25) is 10.6 Å². The van der Waals surface area contributed by atoms with E-state index in [1.165, 1.54) is 0 Å². The van der Waals surface area contributed by atoms with Gasteiger partial charge in [0.05, 0.1) is 0 Å². The lowest BCUT2D eigenvalue weighted by Crippen LogP contribution is -1.96. The first-order valence-electron chi connectivity index (χ1n) is 5.88. The Bertz CT molecular complexity index is 633. The van der Waals surface area contributed by atoms with E-state index < -0.39 is 0 Å². The molecule has 3 nitrogen and oxygen atoms in total. The Kier molecular flexibility index (Phi) is 5.47. The first-order chi connectivity index (χ1) is 9.75. The van der Waals surface area contributed by atoms with Gasteiger partial charge in [-0.2, -0.15) is 15.0 Å². The van der Waals surface area contributed by atoms with Crippen LogP contribution in [0.15, 0.2) is 66.8 Å². The summed E-state index contributed by atoms with van der Waals surface area (Å²) in [6.07, 6.45) is 21.0. The van der Waals surface area contributed by atoms with E-state index in [1.807, 2.05) is 66.8 Å². The first-order valence-corrected chi connectivity index (χ1v) is 6.64. The molecule has 0 aromatic carbocycles. The smallest absolute Gasteiger partial charge is 0.198 e. The summed E-state index contributed by atoms with van der Waals surface area (Å²) in [6, 6.07) is 0. The molecule has 1 aliphatic rings. The van der Waals surface area contributed by atoms with Crippen LogP contribution in [0.3, 0.4) is 0 Å². The number of hydrogen-bond acceptors (Lipinski definition) is 3. The highest BCUT2D eigenvalue weighted by Gasteiger charge is 2.05. The van der Waals surface area contributed by atoms with Crippen LogP contribution < -0.4 is 0 Å². The molecular formula is C15H11Cl2N3. The molecule has 1 aromatic heterocycles. The fourth-order valence-corrected chi connectivity index (χ4v) is 1.79. The molecule has 1 aliphatic carbocycles. The molecule has 0 radical (unpaired) electrons. The highest BCUT2D eigenvalue weighted by Crippen LogP contribution is 2.16. The fourth-order valence-electron chi connectivity index (χ4n) is 1.43. The predicted molar refractivity (Wildman–Crippen MR) is 83.5 cm³/mol. The SMILES string of the molecule is Clc1nc(Cl)nc(C2=C/C=C\C=C/C=C\C=C/C=C\2)n1. The maximum atomic E-state index is 5.80. The largest absolute Gasteiger partial charge is 0.227 e. The van der Waals surface area contributed by atoms with Crippen molar-refractivity contribution in [2.24, 2.45) is 0 Å². The molecule has 0 bridgehead atoms. The number of nitrogens with zero attached hydrogens (tertiary/aromatic N) is 3. The van der Waals surface area contributed by atoms with Gasteiger partial charge in [-0.05, 0) is 23.2 Å². The van der Waals surface area contributed by atoms with Crippen molar-refractivity contribution in [1.29, 1.82) is 0 Å². The third kappa shape index (κ3) is 4.61. The first kappa shape index (κ1) is 14.4. The molecule has 20 heavy (non-hydrogen) atoms. The van der Waals surface area contributed by atoms with Gasteiger partial charge in [-0.25, -0.2) is 0 Å². The molecule has 100 valence electrons. The molecule has 0 unspecified atom stereocenters. The Morgan fingerprint density at radius 1 is 0.600 bits per heavy atom. The van der Waals surface area contributed by atoms with Gasteiger partial charge in [0.15, 0.2) is 5.82 Å². The zero-order valence-electron chi connectivity index (χ0n) is 10.4. The Balaban J connectivity index is 2.39. The third-order valence-electron chi connectivity index (χ3n) is 2.28. The number of aromatic nitrogens is 3. The van der Waals surface area contributed by atoms with Gasteiger partial charge in [0.25, 0.3) is 0 Å². The van der Waals surface area contributed by atoms with Crippen molar-refractivity contribution in [3.8, 4) is 0 Å². The molecule has 2 rings (SSSR count). The van der Waals surface area contributed by atoms with E-state index in [-0.39, 0.29) is 10.6 Å². The zero-order valence-corrected chi connectivity index (χ0v) is 12.0. The van der Waals surface area contributed by atoms with Gasteiger partial charge in [-0.1, -0.05) is 66.8 Å². The van der Waals surface area contributed by atoms with Crippen LogP contribution in [-0.4, -0.2) is 15.0 Å². The predicted octanol–water partition coefficient (Wildman–Crippen LogP) is 4.36. The van der Waals surface area contributed by atoms with Crippen LogP contribution in [-0.2, 0) is 0 Å². The normalized spacial score (nSPS) is 25.4. The summed E-state index contributed by atoms with van der Waals surface area (Å²) in [6.45, 7) is 0. The Morgan fingerprint density at radius 3 is 1.70 bits per heavy atom. The second-order valence-electron chi connectivity index (χ2n) is 3.72. The van der Waals surface area contributed by atoms with Gasteiger partial charge in [0, 0.05) is 5.57 Å². The van der Waals surface area contributed by atoms with Crippen molar-refractivity contribution in [2.75, 3.05) is 0 Å². The van der Waals surface area contributed by atoms with Crippen molar-refractivity contribution in [2.45, 2.75) is 0 Å². The topological polar surface area (TPSA) is 38.7 Å². The molecule has 0 aliphatic heterocycles. The summed E-state index contributed by atoms with van der Waals surface area (Å²) in [5, 5.41) is 0.144. The van der Waals surface area contributed by atoms with Crippen LogP contribution in [0.4, 0.5) is 0 Å². The molecule has 5 heteroatoms. The van der Waals surface area contributed by atoms with Crippen molar-refractivity contribution in [1.82, 2.24) is 15.0 Å². The van der Waals surface area contributed by atoms with Gasteiger partial charge in [-0.15, -0.1) is 0 Å². The maximum absolute atomic E-state index is 5.80. The second kappa shape index (κ2) is 7.58. The van der Waals surface area contributed by atoms with Crippen LogP contribution in [0.1, 0.15) is 5.82 Å². The van der Waals surface area contributed by atoms with Crippen LogP contribution in [0.25, 0.3) is 5.57 Å². The van der Waals surface area contributed by atoms with Crippen molar-refractivity contribution in [3.63, 3.8) is 0 Å². The number of rotatable bonds is 1. The molecule has 1 heterocycles. The average Bonchev–Trinajstić information content (AvgIpc) is 2.38. The summed E-state index contributed by atoms with van der Waals surface area (Å²) >= 11 is 11.6. The molecular weight excluding hydrogens is 293 g/mol. The van der Waals surface area contributed by atoms with Crippen molar-refractivity contribution >= 4 is 28.8 Å². The quantitative estimate of drug-likeness (QED) is 0.774. The summed E-state index contributed by atoms with van der Waals surface area (Å²) < 4.78 is 0. The lowest BCUT2D eigenvalue weighted by Gasteiger charge is -2.00. The van der Waals surface area contributed by atoms with Gasteiger partial charge in [-0.3, -0.25) is 0 Å². The molecule has 0 fully saturated rings. The summed E-state index contributed by atoms with van der Waals surface area (Å²) in [7, 11) is 0. The van der Waals surface area contributed by atoms with Crippen LogP contribution in [0.2, 0.25) is 10.6 Å². The monoisotopic (exact) mass is 303 g/mol. The molecule has 1 aromatic rings. The lowest BCUT2D eigenvalue weighted by atomic mass is 10.2. The van der Waals surface area contributed by atoms with Crippen molar-refractivity contribution in [3.05, 3.63) is 83.2 Å². The van der Waals surface area contributed by atoms with E-state index in [0.29, 0.717) is 5.82 Å². The number of allylic oxidation sites excluding steroid dienone is 12. The van der Waals surface area contributed by atoms with Crippen LogP contribution in [0.5, 0.6) is 0 Å². The minimum Gasteiger partial charge on any atom is -0.198 e.